The summed E-state index contributed by atoms with van der Waals surface area (Å²) < 4.78 is 132. The number of aromatic nitrogens is 14. The highest BCUT2D eigenvalue weighted by Crippen LogP contribution is 2.59. The molecule has 4 aliphatic rings. The molecule has 4 unspecified atom stereocenters. The minimum absolute atomic E-state index is 0.0192. The minimum atomic E-state index is -4.40. The number of aromatic amines is 1. The molecule has 48 nitrogen and oxygen atoms in total. The molecular formula is C60H97N31O17P4. The summed E-state index contributed by atoms with van der Waals surface area (Å²) in [5, 5.41) is 5.16. The Labute approximate surface area is 641 Å². The van der Waals surface area contributed by atoms with Crippen LogP contribution in [0.1, 0.15) is 58.5 Å². The summed E-state index contributed by atoms with van der Waals surface area (Å²) in [5.41, 5.74) is 34.5. The van der Waals surface area contributed by atoms with E-state index in [4.69, 9.17) is 71.4 Å². The van der Waals surface area contributed by atoms with Gasteiger partial charge in [0.25, 0.3) is 13.1 Å². The maximum Gasteiger partial charge on any atom is 0.351 e. The second-order valence-corrected chi connectivity index (χ2v) is 38.9. The van der Waals surface area contributed by atoms with Crippen LogP contribution in [0.15, 0.2) is 58.5 Å². The molecule has 3 amide bonds. The molecule has 0 saturated carbocycles. The first-order chi connectivity index (χ1) is 53.0. The molecule has 4 saturated heterocycles. The molecule has 0 spiro atoms. The Bertz CT molecular complexity index is 4890. The van der Waals surface area contributed by atoms with Crippen molar-refractivity contribution in [3.05, 3.63) is 64.7 Å². The molecule has 7 aromatic rings. The normalized spacial score (nSPS) is 23.7. The van der Waals surface area contributed by atoms with Crippen molar-refractivity contribution in [2.45, 2.75) is 94.6 Å². The smallest absolute Gasteiger partial charge is 0.351 e. The number of anilines is 4. The van der Waals surface area contributed by atoms with E-state index >= 15 is 13.7 Å². The van der Waals surface area contributed by atoms with Crippen molar-refractivity contribution < 1.29 is 69.7 Å². The molecule has 614 valence electrons. The molecule has 0 bridgehead atoms. The first-order valence-electron chi connectivity index (χ1n) is 35.4. The number of hydrogen-bond donors (Lipinski definition) is 9. The minimum Gasteiger partial charge on any atom is -0.383 e. The van der Waals surface area contributed by atoms with Crippen LogP contribution in [0.25, 0.3) is 33.5 Å². The lowest BCUT2D eigenvalue weighted by atomic mass is 10.1. The van der Waals surface area contributed by atoms with Crippen molar-refractivity contribution in [2.75, 3.05) is 171 Å². The van der Waals surface area contributed by atoms with Gasteiger partial charge in [-0.1, -0.05) is 13.8 Å². The summed E-state index contributed by atoms with van der Waals surface area (Å²) in [7, 11) is -3.88. The Morgan fingerprint density at radius 1 is 0.589 bits per heavy atom. The van der Waals surface area contributed by atoms with Gasteiger partial charge in [-0.05, 0) is 75.3 Å². The Kier molecular flexibility index (Phi) is 26.5. The second kappa shape index (κ2) is 35.1. The average Bonchev–Trinajstić information content (AvgIpc) is 1.20. The number of aliphatic imine (C=N–C) groups is 1. The zero-order valence-corrected chi connectivity index (χ0v) is 67.2. The van der Waals surface area contributed by atoms with Crippen LogP contribution in [0.2, 0.25) is 0 Å². The lowest BCUT2D eigenvalue weighted by Gasteiger charge is -2.46. The highest BCUT2D eigenvalue weighted by Gasteiger charge is 2.50. The average molecular weight is 1650 g/mol. The lowest BCUT2D eigenvalue weighted by molar-refractivity contribution is -0.159. The zero-order valence-electron chi connectivity index (χ0n) is 63.7. The third-order valence-corrected chi connectivity index (χ3v) is 29.3. The van der Waals surface area contributed by atoms with Crippen LogP contribution in [-0.2, 0) is 69.7 Å². The number of rotatable bonds is 32. The van der Waals surface area contributed by atoms with E-state index in [1.54, 1.807) is 60.5 Å². The van der Waals surface area contributed by atoms with Gasteiger partial charge < -0.3 is 87.0 Å². The maximum absolute atomic E-state index is 16.4. The number of guanidine groups is 1. The van der Waals surface area contributed by atoms with Gasteiger partial charge in [0.1, 0.15) is 60.3 Å². The molecule has 4 aliphatic heterocycles. The number of H-pyrrole nitrogens is 1. The van der Waals surface area contributed by atoms with Gasteiger partial charge in [-0.2, -0.15) is 9.97 Å². The first-order valence-corrected chi connectivity index (χ1v) is 41.6. The number of nitrogens with one attached hydrogen (secondary N) is 3. The predicted molar refractivity (Wildman–Crippen MR) is 407 cm³/mol. The van der Waals surface area contributed by atoms with Gasteiger partial charge in [0.2, 0.25) is 23.7 Å². The van der Waals surface area contributed by atoms with E-state index in [1.807, 2.05) is 0 Å². The van der Waals surface area contributed by atoms with Crippen molar-refractivity contribution in [3.8, 4) is 0 Å². The largest absolute Gasteiger partial charge is 0.383 e. The summed E-state index contributed by atoms with van der Waals surface area (Å²) in [6.07, 6.45) is -0.353. The van der Waals surface area contributed by atoms with E-state index < -0.39 is 147 Å². The van der Waals surface area contributed by atoms with E-state index in [0.29, 0.717) is 17.6 Å². The Balaban J connectivity index is 0.872. The van der Waals surface area contributed by atoms with Gasteiger partial charge in [0, 0.05) is 51.5 Å². The number of amides is 3. The summed E-state index contributed by atoms with van der Waals surface area (Å²) >= 11 is 0. The number of nitrogens with zero attached hydrogens (tertiary/aromatic N) is 22. The van der Waals surface area contributed by atoms with Crippen molar-refractivity contribution in [2.24, 2.45) is 16.5 Å². The second-order valence-electron chi connectivity index (χ2n) is 27.9. The molecule has 11 rings (SSSR count). The molecule has 11 heterocycles. The molecule has 13 atom stereocenters. The van der Waals surface area contributed by atoms with E-state index in [1.165, 1.54) is 112 Å². The molecule has 4 fully saturated rings. The fourth-order valence-electron chi connectivity index (χ4n) is 13.2. The molecule has 112 heavy (non-hydrogen) atoms. The number of ether oxygens (including phenoxy) is 4. The standard InChI is InChI=1S/C60H97N31O17P4/c1-35(2)109(97,80(4)5)101-26-38-19-85(23-45(106-38)89-32-73-48-51(62)69-30-71-53(48)89)111(99,82(8)9)103-28-39-20-86(24-46(107-39)90-33-74-49-52(63)70-31-72-54(49)90)112(100,83(10)11)104-29-40-21-87(25-47(108-40)91-34-75-50-55(91)78-59(66)79-57(50)95)110(98,81(6)7)102-27-37-18-84(22-44(105-37)88-16-14-42(61)77-60(88)96)43(93)17-68-56(94)41(76-36(3)92)13-12-15-67-58(64)65/h14,16,30-35,37-41,44-47H,12-13,15,17-29H2,1-11H3,(H,68,94)(H,76,92)(H2,61,77,96)(H2,62,69,71)(H2,63,70,72)(H4,64,65,67)(H3,66,78,79,95)/t37-,38-,39-,40-,41-,44+,45+,46+,47+,109?,110?,111?,112?/m0/s1. The van der Waals surface area contributed by atoms with E-state index in [0.717, 1.165) is 4.57 Å². The van der Waals surface area contributed by atoms with Crippen molar-refractivity contribution >= 4 is 111 Å². The highest BCUT2D eigenvalue weighted by molar-refractivity contribution is 7.57. The third kappa shape index (κ3) is 18.5. The molecule has 15 N–H and O–H groups in total. The van der Waals surface area contributed by atoms with Crippen LogP contribution in [0.5, 0.6) is 0 Å². The van der Waals surface area contributed by atoms with Gasteiger partial charge in [-0.15, -0.1) is 0 Å². The molecule has 0 aromatic carbocycles. The lowest BCUT2D eigenvalue weighted by Crippen LogP contribution is -2.54. The van der Waals surface area contributed by atoms with Crippen molar-refractivity contribution in [1.29, 1.82) is 0 Å². The maximum atomic E-state index is 16.4. The number of nitrogen functional groups attached to an aromatic ring is 4. The third-order valence-electron chi connectivity index (χ3n) is 18.8. The van der Waals surface area contributed by atoms with Gasteiger partial charge >= 0.3 is 28.7 Å². The summed E-state index contributed by atoms with van der Waals surface area (Å²) in [6.45, 7) is 1.18. The number of carbonyl (C=O) groups excluding carboxylic acids is 3. The van der Waals surface area contributed by atoms with Crippen LogP contribution in [0.4, 0.5) is 23.4 Å². The molecular weight excluding hydrogens is 1550 g/mol. The zero-order chi connectivity index (χ0) is 81.1. The van der Waals surface area contributed by atoms with Crippen LogP contribution >= 0.6 is 30.5 Å². The molecule has 0 radical (unpaired) electrons. The Morgan fingerprint density at radius 3 is 1.47 bits per heavy atom. The van der Waals surface area contributed by atoms with Gasteiger partial charge in [0.05, 0.1) is 96.4 Å². The number of imidazole rings is 3. The fraction of sp³-hybridized carbons (Fsp3) is 0.617. The van der Waals surface area contributed by atoms with Crippen LogP contribution in [0.3, 0.4) is 0 Å². The topological polar surface area (TPSA) is 597 Å². The van der Waals surface area contributed by atoms with Crippen molar-refractivity contribution in [1.82, 2.24) is 116 Å². The van der Waals surface area contributed by atoms with Gasteiger partial charge in [-0.3, -0.25) is 65.7 Å². The molecule has 52 heteroatoms. The summed E-state index contributed by atoms with van der Waals surface area (Å²) in [4.78, 5) is 113. The number of morpholine rings is 4. The predicted octanol–water partition coefficient (Wildman–Crippen LogP) is -1.38. The number of hydrogen-bond acceptors (Lipinski definition) is 31. The Hall–Kier alpha value is -8.47. The Morgan fingerprint density at radius 2 is 1.04 bits per heavy atom. The fourth-order valence-corrected chi connectivity index (χ4v) is 21.0. The SMILES string of the molecule is CC(=O)N[C@@H](CCCN=C(N)N)C(=O)NCC(=O)N1C[C@@H](COP(=O)(N(C)C)N2C[C@@H](COP(=O)(N(C)C)N3C[C@@H](COP(=O)(N(C)C)N4C[C@@H](COP(=O)(C(C)C)N(C)C)O[C@@H](n5cnc6c(N)ncnc65)C4)O[C@@H](n4cnc5c(N)ncnc54)C3)O[C@@H](n3cnc4c(=O)[nH]c(N)nc43)C2)O[C@@H](n2ccc(N)nc2=O)C1. The van der Waals surface area contributed by atoms with E-state index in [2.05, 4.69) is 65.5 Å². The number of fused-ring (bicyclic) bond motifs is 3. The van der Waals surface area contributed by atoms with Crippen molar-refractivity contribution in [3.63, 3.8) is 0 Å². The van der Waals surface area contributed by atoms with Crippen LogP contribution in [-0.4, -0.2) is 314 Å². The van der Waals surface area contributed by atoms with Gasteiger partial charge in [-0.25, -0.2) is 72.4 Å². The quantitative estimate of drug-likeness (QED) is 0.0102. The monoisotopic (exact) mass is 1650 g/mol. The van der Waals surface area contributed by atoms with Gasteiger partial charge in [0.15, 0.2) is 46.3 Å². The molecule has 7 aromatic heterocycles. The highest BCUT2D eigenvalue weighted by atomic mass is 31.2. The van der Waals surface area contributed by atoms with Crippen LogP contribution in [0, 0.1) is 0 Å². The summed E-state index contributed by atoms with van der Waals surface area (Å²) in [5.74, 6) is -2.15. The number of carbonyl (C=O) groups is 3. The first kappa shape index (κ1) is 84.4. The summed E-state index contributed by atoms with van der Waals surface area (Å²) in [6, 6.07) is 0.289. The van der Waals surface area contributed by atoms with E-state index in [9.17, 15) is 28.5 Å². The number of nitrogens with two attached hydrogens (primary N) is 6. The van der Waals surface area contributed by atoms with Crippen LogP contribution < -0.4 is 56.3 Å². The molecule has 0 aliphatic carbocycles. The van der Waals surface area contributed by atoms with E-state index in [-0.39, 0.29) is 124 Å².